The Bertz CT molecular complexity index is 1600. The predicted octanol–water partition coefficient (Wildman–Crippen LogP) is 4.07. The van der Waals surface area contributed by atoms with Crippen molar-refractivity contribution in [1.82, 2.24) is 10.2 Å². The summed E-state index contributed by atoms with van der Waals surface area (Å²) in [7, 11) is 4.54. The molecule has 2 bridgehead atoms. The molecule has 1 saturated heterocycles. The maximum Gasteiger partial charge on any atom is 0.231 e. The van der Waals surface area contributed by atoms with Gasteiger partial charge in [0, 0.05) is 30.5 Å². The zero-order chi connectivity index (χ0) is 32.8. The van der Waals surface area contributed by atoms with E-state index in [4.69, 9.17) is 18.9 Å². The van der Waals surface area contributed by atoms with E-state index in [1.165, 1.54) is 14.2 Å². The summed E-state index contributed by atoms with van der Waals surface area (Å²) < 4.78 is 23.7. The number of carbonyl (C=O) groups is 2. The number of nitrogens with one attached hydrogen (secondary N) is 1. The Balaban J connectivity index is 1.60. The fraction of sp³-hybridized carbons (Fsp3) is 0.444. The Morgan fingerprint density at radius 1 is 1.02 bits per heavy atom. The molecule has 2 amide bonds. The Morgan fingerprint density at radius 2 is 1.72 bits per heavy atom. The fourth-order valence-electron chi connectivity index (χ4n) is 7.61. The minimum Gasteiger partial charge on any atom is -0.497 e. The van der Waals surface area contributed by atoms with Crippen LogP contribution < -0.4 is 24.3 Å². The largest absolute Gasteiger partial charge is 0.497 e. The number of fused-ring (bicyclic) bond motifs is 4. The average Bonchev–Trinajstić information content (AvgIpc) is 3.59. The van der Waals surface area contributed by atoms with Gasteiger partial charge in [-0.15, -0.1) is 0 Å². The van der Waals surface area contributed by atoms with Gasteiger partial charge in [0.05, 0.1) is 32.8 Å². The smallest absolute Gasteiger partial charge is 0.231 e. The zero-order valence-corrected chi connectivity index (χ0v) is 26.9. The van der Waals surface area contributed by atoms with Crippen molar-refractivity contribution < 1.29 is 38.7 Å². The number of aliphatic hydroxyl groups excluding tert-OH is 1. The minimum atomic E-state index is -2.17. The lowest BCUT2D eigenvalue weighted by molar-refractivity contribution is -0.167. The van der Waals surface area contributed by atoms with E-state index < -0.39 is 41.2 Å². The lowest BCUT2D eigenvalue weighted by Crippen LogP contribution is -2.56. The number of nitrogens with zero attached hydrogens (tertiary/aromatic N) is 1. The molecule has 2 heterocycles. The van der Waals surface area contributed by atoms with Crippen LogP contribution in [0.1, 0.15) is 55.7 Å². The standard InChI is InChI=1S/C36H42N2O8/c1-6-21(2)32(39)37-28-13-10-18-38(28)33(40)31-29(22-11-8-7-9-12-22)36(23-14-16-24(43-3)17-15-23)34(41)35(31,42)30-26(45-5)19-25(44-4)20-27(30)46-36/h7-9,11-12,14-17,19-21,28-29,31,34,41-42H,6,10,13,18H2,1-5H3,(H,37,39)/t21-,28-,29-,31+,34?,35+,36+/m0/s1. The molecule has 6 rings (SSSR count). The minimum absolute atomic E-state index is 0.132. The number of aliphatic hydroxyl groups is 2. The first-order valence-corrected chi connectivity index (χ1v) is 15.8. The number of benzene rings is 3. The molecular formula is C36H42N2O8. The van der Waals surface area contributed by atoms with E-state index in [0.717, 1.165) is 0 Å². The monoisotopic (exact) mass is 630 g/mol. The lowest BCUT2D eigenvalue weighted by Gasteiger charge is -2.45. The first-order chi connectivity index (χ1) is 22.1. The molecule has 0 aromatic heterocycles. The molecule has 1 saturated carbocycles. The summed E-state index contributed by atoms with van der Waals surface area (Å²) in [5, 5.41) is 28.8. The van der Waals surface area contributed by atoms with Gasteiger partial charge in [-0.25, -0.2) is 0 Å². The van der Waals surface area contributed by atoms with Gasteiger partial charge in [-0.05, 0) is 42.5 Å². The van der Waals surface area contributed by atoms with E-state index in [0.29, 0.717) is 48.4 Å². The van der Waals surface area contributed by atoms with E-state index in [1.54, 1.807) is 48.4 Å². The maximum atomic E-state index is 15.1. The van der Waals surface area contributed by atoms with Gasteiger partial charge in [0.1, 0.15) is 40.9 Å². The van der Waals surface area contributed by atoms with Crippen LogP contribution in [0.3, 0.4) is 0 Å². The third-order valence-electron chi connectivity index (χ3n) is 10.1. The van der Waals surface area contributed by atoms with Crippen molar-refractivity contribution in [2.45, 2.75) is 62.5 Å². The van der Waals surface area contributed by atoms with Gasteiger partial charge >= 0.3 is 0 Å². The molecule has 0 spiro atoms. The highest BCUT2D eigenvalue weighted by atomic mass is 16.5. The molecular weight excluding hydrogens is 588 g/mol. The second-order valence-corrected chi connectivity index (χ2v) is 12.4. The van der Waals surface area contributed by atoms with E-state index >= 15 is 4.79 Å². The van der Waals surface area contributed by atoms with Gasteiger partial charge in [-0.2, -0.15) is 0 Å². The molecule has 244 valence electrons. The number of methoxy groups -OCH3 is 3. The summed E-state index contributed by atoms with van der Waals surface area (Å²) in [4.78, 5) is 29.8. The summed E-state index contributed by atoms with van der Waals surface area (Å²) >= 11 is 0. The highest BCUT2D eigenvalue weighted by Crippen LogP contribution is 2.68. The molecule has 1 aliphatic carbocycles. The van der Waals surface area contributed by atoms with Crippen LogP contribution in [0.25, 0.3) is 0 Å². The normalized spacial score (nSPS) is 28.5. The Labute approximate surface area is 269 Å². The van der Waals surface area contributed by atoms with Crippen LogP contribution in [-0.2, 0) is 20.8 Å². The molecule has 2 fully saturated rings. The number of carbonyl (C=O) groups excluding carboxylic acids is 2. The van der Waals surface area contributed by atoms with E-state index in [-0.39, 0.29) is 28.9 Å². The molecule has 3 N–H and O–H groups in total. The molecule has 3 aromatic carbocycles. The van der Waals surface area contributed by atoms with Crippen molar-refractivity contribution >= 4 is 11.8 Å². The Morgan fingerprint density at radius 3 is 2.35 bits per heavy atom. The summed E-state index contributed by atoms with van der Waals surface area (Å²) in [6.45, 7) is 4.19. The number of ether oxygens (including phenoxy) is 4. The van der Waals surface area contributed by atoms with E-state index in [9.17, 15) is 15.0 Å². The summed E-state index contributed by atoms with van der Waals surface area (Å²) in [5.74, 6) is -1.38. The van der Waals surface area contributed by atoms with E-state index in [2.05, 4.69) is 5.32 Å². The SMILES string of the molecule is CC[C@H](C)C(=O)N[C@@H]1CCCN1C(=O)[C@H]1[C@H](c2ccccc2)[C@@]2(c3ccc(OC)cc3)Oc3cc(OC)cc(OC)c3[C@]1(O)C2O. The van der Waals surface area contributed by atoms with Crippen molar-refractivity contribution in [3.8, 4) is 23.0 Å². The quantitative estimate of drug-likeness (QED) is 0.323. The van der Waals surface area contributed by atoms with Gasteiger partial charge in [0.15, 0.2) is 5.60 Å². The first-order valence-electron chi connectivity index (χ1n) is 15.8. The highest BCUT2D eigenvalue weighted by molar-refractivity contribution is 5.86. The van der Waals surface area contributed by atoms with Gasteiger partial charge in [-0.3, -0.25) is 9.59 Å². The molecule has 1 unspecified atom stereocenters. The van der Waals surface area contributed by atoms with Crippen molar-refractivity contribution in [3.63, 3.8) is 0 Å². The molecule has 7 atom stereocenters. The summed E-state index contributed by atoms with van der Waals surface area (Å²) in [6, 6.07) is 19.7. The predicted molar refractivity (Wildman–Crippen MR) is 170 cm³/mol. The van der Waals surface area contributed by atoms with Crippen molar-refractivity contribution in [2.75, 3.05) is 27.9 Å². The zero-order valence-electron chi connectivity index (χ0n) is 26.9. The summed E-state index contributed by atoms with van der Waals surface area (Å²) in [6.07, 6.45) is -0.244. The van der Waals surface area contributed by atoms with Crippen LogP contribution in [0, 0.1) is 11.8 Å². The number of hydrogen-bond acceptors (Lipinski definition) is 8. The molecule has 3 aliphatic rings. The third kappa shape index (κ3) is 4.69. The maximum absolute atomic E-state index is 15.1. The van der Waals surface area contributed by atoms with Gasteiger partial charge in [0.25, 0.3) is 0 Å². The van der Waals surface area contributed by atoms with Crippen LogP contribution >= 0.6 is 0 Å². The molecule has 0 radical (unpaired) electrons. The average molecular weight is 631 g/mol. The second-order valence-electron chi connectivity index (χ2n) is 12.4. The molecule has 46 heavy (non-hydrogen) atoms. The second kappa shape index (κ2) is 12.1. The lowest BCUT2D eigenvalue weighted by atomic mass is 9.75. The number of hydrogen-bond donors (Lipinski definition) is 3. The first kappa shape index (κ1) is 31.7. The topological polar surface area (TPSA) is 127 Å². The Kier molecular flexibility index (Phi) is 8.37. The van der Waals surface area contributed by atoms with Crippen molar-refractivity contribution in [1.29, 1.82) is 0 Å². The van der Waals surface area contributed by atoms with Crippen LogP contribution in [-0.4, -0.2) is 67.1 Å². The third-order valence-corrected chi connectivity index (χ3v) is 10.1. The fourth-order valence-corrected chi connectivity index (χ4v) is 7.61. The van der Waals surface area contributed by atoms with Crippen LogP contribution in [0.15, 0.2) is 66.7 Å². The molecule has 3 aromatic rings. The van der Waals surface area contributed by atoms with Crippen LogP contribution in [0.5, 0.6) is 23.0 Å². The van der Waals surface area contributed by atoms with Crippen LogP contribution in [0.4, 0.5) is 0 Å². The van der Waals surface area contributed by atoms with E-state index in [1.807, 2.05) is 44.2 Å². The van der Waals surface area contributed by atoms with Gasteiger partial charge in [-0.1, -0.05) is 56.3 Å². The van der Waals surface area contributed by atoms with Crippen molar-refractivity contribution in [3.05, 3.63) is 83.4 Å². The summed E-state index contributed by atoms with van der Waals surface area (Å²) in [5.41, 5.74) is -2.37. The van der Waals surface area contributed by atoms with Gasteiger partial charge < -0.3 is 39.4 Å². The van der Waals surface area contributed by atoms with Gasteiger partial charge in [0.2, 0.25) is 11.8 Å². The highest BCUT2D eigenvalue weighted by Gasteiger charge is 2.76. The molecule has 10 heteroatoms. The Hall–Kier alpha value is -4.28. The molecule has 10 nitrogen and oxygen atoms in total. The molecule has 2 aliphatic heterocycles. The number of amides is 2. The number of rotatable bonds is 9. The van der Waals surface area contributed by atoms with Crippen molar-refractivity contribution in [2.24, 2.45) is 11.8 Å². The van der Waals surface area contributed by atoms with Crippen LogP contribution in [0.2, 0.25) is 0 Å². The number of likely N-dealkylation sites (tertiary alicyclic amines) is 1.